The quantitative estimate of drug-likeness (QED) is 0.181. The fourth-order valence-electron chi connectivity index (χ4n) is 9.73. The lowest BCUT2D eigenvalue weighted by Gasteiger charge is -2.31. The second kappa shape index (κ2) is 11.0. The van der Waals surface area contributed by atoms with Crippen LogP contribution in [0, 0.1) is 0 Å². The summed E-state index contributed by atoms with van der Waals surface area (Å²) in [5.74, 6) is 0.942. The molecule has 0 atom stereocenters. The summed E-state index contributed by atoms with van der Waals surface area (Å²) in [5, 5.41) is 5.09. The van der Waals surface area contributed by atoms with Gasteiger partial charge in [-0.25, -0.2) is 4.98 Å². The predicted molar refractivity (Wildman–Crippen MR) is 223 cm³/mol. The molecule has 250 valence electrons. The number of hydrogen-bond acceptors (Lipinski definition) is 1. The van der Waals surface area contributed by atoms with Gasteiger partial charge in [-0.05, 0) is 120 Å². The van der Waals surface area contributed by atoms with E-state index >= 15 is 0 Å². The Labute approximate surface area is 313 Å². The van der Waals surface area contributed by atoms with E-state index in [-0.39, 0.29) is 0 Å². The summed E-state index contributed by atoms with van der Waals surface area (Å²) in [6, 6.07) is 71.5. The lowest BCUT2D eigenvalue weighted by molar-refractivity contribution is 0.802. The number of para-hydroxylation sites is 2. The summed E-state index contributed by atoms with van der Waals surface area (Å²) in [7, 11) is 0. The van der Waals surface area contributed by atoms with Crippen molar-refractivity contribution < 1.29 is 0 Å². The van der Waals surface area contributed by atoms with E-state index in [9.17, 15) is 0 Å². The minimum absolute atomic E-state index is 0.418. The van der Waals surface area contributed by atoms with Crippen molar-refractivity contribution in [1.29, 1.82) is 0 Å². The highest BCUT2D eigenvalue weighted by molar-refractivity contribution is 6.06. The third-order valence-corrected chi connectivity index (χ3v) is 12.0. The average Bonchev–Trinajstić information content (AvgIpc) is 3.87. The van der Waals surface area contributed by atoms with Crippen LogP contribution in [0.15, 0.2) is 194 Å². The maximum absolute atomic E-state index is 5.10. The van der Waals surface area contributed by atoms with Gasteiger partial charge in [-0.1, -0.05) is 152 Å². The molecule has 1 aromatic heterocycles. The number of imidazole rings is 1. The van der Waals surface area contributed by atoms with Crippen molar-refractivity contribution in [2.45, 2.75) is 5.41 Å². The molecule has 0 amide bonds. The van der Waals surface area contributed by atoms with Crippen LogP contribution in [0.3, 0.4) is 0 Å². The van der Waals surface area contributed by atoms with Gasteiger partial charge in [-0.3, -0.25) is 4.57 Å². The predicted octanol–water partition coefficient (Wildman–Crippen LogP) is 13.0. The standard InChI is InChI=1S/C52H32N2/c1-2-14-34(15-3-1)51-53-48-23-10-11-24-49(48)54(51)39-17-12-16-35(30-39)36-25-26-37-31-44-43-28-27-33-13-4-5-18-40(33)50(43)52(47(44)32-38(37)29-36)45-21-8-6-19-41(45)42-20-7-9-22-46(42)52/h1-32H. The second-order valence-corrected chi connectivity index (χ2v) is 14.7. The molecule has 0 fully saturated rings. The molecule has 0 bridgehead atoms. The first-order chi connectivity index (χ1) is 26.8. The zero-order chi connectivity index (χ0) is 35.4. The monoisotopic (exact) mass is 684 g/mol. The molecule has 0 N–H and O–H groups in total. The molecular weight excluding hydrogens is 653 g/mol. The van der Waals surface area contributed by atoms with Crippen LogP contribution in [-0.4, -0.2) is 9.55 Å². The van der Waals surface area contributed by atoms with Crippen LogP contribution in [0.2, 0.25) is 0 Å². The lowest BCUT2D eigenvalue weighted by atomic mass is 9.69. The highest BCUT2D eigenvalue weighted by Crippen LogP contribution is 2.64. The van der Waals surface area contributed by atoms with Gasteiger partial charge in [-0.15, -0.1) is 0 Å². The molecular formula is C52H32N2. The average molecular weight is 685 g/mol. The van der Waals surface area contributed by atoms with E-state index in [1.165, 1.54) is 77.2 Å². The van der Waals surface area contributed by atoms with E-state index in [1.807, 2.05) is 0 Å². The van der Waals surface area contributed by atoms with E-state index in [0.29, 0.717) is 0 Å². The molecule has 2 aliphatic rings. The SMILES string of the molecule is c1ccc(-c2nc3ccccc3n2-c2cccc(-c3ccc4cc5c(cc4c3)C3(c4ccccc4-c4ccccc43)c3c-5ccc4ccccc34)c2)cc1. The van der Waals surface area contributed by atoms with Crippen LogP contribution in [0.1, 0.15) is 22.3 Å². The molecule has 10 aromatic rings. The minimum atomic E-state index is -0.418. The number of hydrogen-bond donors (Lipinski definition) is 0. The fraction of sp³-hybridized carbons (Fsp3) is 0.0192. The highest BCUT2D eigenvalue weighted by Gasteiger charge is 2.52. The summed E-state index contributed by atoms with van der Waals surface area (Å²) < 4.78 is 2.29. The molecule has 0 saturated carbocycles. The van der Waals surface area contributed by atoms with Crippen LogP contribution in [0.4, 0.5) is 0 Å². The number of rotatable bonds is 3. The maximum Gasteiger partial charge on any atom is 0.145 e. The van der Waals surface area contributed by atoms with Gasteiger partial charge in [0.2, 0.25) is 0 Å². The topological polar surface area (TPSA) is 17.8 Å². The first kappa shape index (κ1) is 29.5. The van der Waals surface area contributed by atoms with Gasteiger partial charge in [0.1, 0.15) is 5.82 Å². The molecule has 1 heterocycles. The second-order valence-electron chi connectivity index (χ2n) is 14.7. The molecule has 54 heavy (non-hydrogen) atoms. The van der Waals surface area contributed by atoms with Crippen LogP contribution in [0.5, 0.6) is 0 Å². The Morgan fingerprint density at radius 2 is 1.07 bits per heavy atom. The molecule has 0 unspecified atom stereocenters. The third-order valence-electron chi connectivity index (χ3n) is 12.0. The lowest BCUT2D eigenvalue weighted by Crippen LogP contribution is -2.26. The summed E-state index contributed by atoms with van der Waals surface area (Å²) in [6.45, 7) is 0. The fourth-order valence-corrected chi connectivity index (χ4v) is 9.73. The molecule has 2 heteroatoms. The van der Waals surface area contributed by atoms with E-state index in [0.717, 1.165) is 28.1 Å². The zero-order valence-corrected chi connectivity index (χ0v) is 29.4. The van der Waals surface area contributed by atoms with Gasteiger partial charge in [-0.2, -0.15) is 0 Å². The number of fused-ring (bicyclic) bond motifs is 14. The third kappa shape index (κ3) is 3.92. The summed E-state index contributed by atoms with van der Waals surface area (Å²) >= 11 is 0. The molecule has 1 spiro atoms. The van der Waals surface area contributed by atoms with Crippen molar-refractivity contribution in [1.82, 2.24) is 9.55 Å². The van der Waals surface area contributed by atoms with Crippen LogP contribution >= 0.6 is 0 Å². The van der Waals surface area contributed by atoms with Gasteiger partial charge in [0, 0.05) is 11.3 Å². The van der Waals surface area contributed by atoms with Crippen molar-refractivity contribution in [3.63, 3.8) is 0 Å². The van der Waals surface area contributed by atoms with Crippen molar-refractivity contribution in [2.24, 2.45) is 0 Å². The van der Waals surface area contributed by atoms with Crippen LogP contribution < -0.4 is 0 Å². The smallest absolute Gasteiger partial charge is 0.145 e. The highest BCUT2D eigenvalue weighted by atomic mass is 15.1. The van der Waals surface area contributed by atoms with Crippen molar-refractivity contribution >= 4 is 32.6 Å². The van der Waals surface area contributed by atoms with Crippen LogP contribution in [-0.2, 0) is 5.41 Å². The van der Waals surface area contributed by atoms with Gasteiger partial charge >= 0.3 is 0 Å². The normalized spacial score (nSPS) is 13.3. The van der Waals surface area contributed by atoms with E-state index in [1.54, 1.807) is 0 Å². The van der Waals surface area contributed by atoms with Crippen molar-refractivity contribution in [2.75, 3.05) is 0 Å². The van der Waals surface area contributed by atoms with Crippen LogP contribution in [0.25, 0.3) is 83.0 Å². The van der Waals surface area contributed by atoms with Gasteiger partial charge in [0.25, 0.3) is 0 Å². The first-order valence-electron chi connectivity index (χ1n) is 18.7. The van der Waals surface area contributed by atoms with E-state index in [4.69, 9.17) is 4.98 Å². The van der Waals surface area contributed by atoms with Gasteiger partial charge in [0.15, 0.2) is 0 Å². The van der Waals surface area contributed by atoms with Crippen molar-refractivity contribution in [3.8, 4) is 50.5 Å². The Morgan fingerprint density at radius 1 is 0.389 bits per heavy atom. The van der Waals surface area contributed by atoms with E-state index in [2.05, 4.69) is 199 Å². The number of nitrogens with zero attached hydrogens (tertiary/aromatic N) is 2. The molecule has 0 aliphatic heterocycles. The van der Waals surface area contributed by atoms with Gasteiger partial charge < -0.3 is 0 Å². The Hall–Kier alpha value is -7.03. The maximum atomic E-state index is 5.10. The number of benzene rings is 9. The molecule has 9 aromatic carbocycles. The summed E-state index contributed by atoms with van der Waals surface area (Å²) in [4.78, 5) is 5.10. The van der Waals surface area contributed by atoms with Crippen molar-refractivity contribution in [3.05, 3.63) is 216 Å². The Balaban J connectivity index is 1.08. The number of aromatic nitrogens is 2. The molecule has 2 nitrogen and oxygen atoms in total. The molecule has 12 rings (SSSR count). The first-order valence-corrected chi connectivity index (χ1v) is 18.7. The van der Waals surface area contributed by atoms with Gasteiger partial charge in [0.05, 0.1) is 16.4 Å². The Bertz CT molecular complexity index is 3120. The minimum Gasteiger partial charge on any atom is -0.292 e. The Kier molecular flexibility index (Phi) is 6.01. The zero-order valence-electron chi connectivity index (χ0n) is 29.4. The largest absolute Gasteiger partial charge is 0.292 e. The summed E-state index contributed by atoms with van der Waals surface area (Å²) in [5.41, 5.74) is 17.0. The molecule has 2 aliphatic carbocycles. The molecule has 0 saturated heterocycles. The molecule has 0 radical (unpaired) electrons. The van der Waals surface area contributed by atoms with E-state index < -0.39 is 5.41 Å². The Morgan fingerprint density at radius 3 is 1.93 bits per heavy atom. The summed E-state index contributed by atoms with van der Waals surface area (Å²) in [6.07, 6.45) is 0.